The van der Waals surface area contributed by atoms with Crippen molar-refractivity contribution in [1.29, 1.82) is 0 Å². The monoisotopic (exact) mass is 447 g/mol. The average molecular weight is 448 g/mol. The van der Waals surface area contributed by atoms with E-state index >= 15 is 0 Å². The van der Waals surface area contributed by atoms with Crippen LogP contribution < -0.4 is 15.5 Å². The van der Waals surface area contributed by atoms with Crippen molar-refractivity contribution in [2.75, 3.05) is 23.3 Å². The summed E-state index contributed by atoms with van der Waals surface area (Å²) in [7, 11) is 0. The zero-order valence-corrected chi connectivity index (χ0v) is 18.0. The first-order chi connectivity index (χ1) is 15.7. The largest absolute Gasteiger partial charge is 0.338 e. The molecule has 0 bridgehead atoms. The van der Waals surface area contributed by atoms with Crippen molar-refractivity contribution in [3.63, 3.8) is 0 Å². The molecule has 5 rings (SSSR count). The number of fused-ring (bicyclic) bond motifs is 1. The number of nitrogens with zero attached hydrogens (tertiary/aromatic N) is 5. The first-order valence-electron chi connectivity index (χ1n) is 10.3. The summed E-state index contributed by atoms with van der Waals surface area (Å²) >= 11 is 1.37. The van der Waals surface area contributed by atoms with Gasteiger partial charge in [-0.1, -0.05) is 18.2 Å². The van der Waals surface area contributed by atoms with Gasteiger partial charge in [-0.15, -0.1) is 21.5 Å². The van der Waals surface area contributed by atoms with Gasteiger partial charge in [-0.25, -0.2) is 9.78 Å². The lowest BCUT2D eigenvalue weighted by atomic mass is 10.1. The van der Waals surface area contributed by atoms with Crippen LogP contribution in [0.3, 0.4) is 0 Å². The van der Waals surface area contributed by atoms with Gasteiger partial charge in [-0.3, -0.25) is 14.1 Å². The summed E-state index contributed by atoms with van der Waals surface area (Å²) in [6, 6.07) is 13.3. The number of nitrogens with one attached hydrogen (secondary N) is 2. The van der Waals surface area contributed by atoms with Gasteiger partial charge in [0, 0.05) is 36.8 Å². The average Bonchev–Trinajstić information content (AvgIpc) is 3.43. The van der Waals surface area contributed by atoms with Crippen LogP contribution >= 0.6 is 11.3 Å². The SMILES string of the molecule is O=C(Cc1csc(N2CCCNC2=O)n1)Nc1ccc(Cc2nnc3ccccn23)cc1. The summed E-state index contributed by atoms with van der Waals surface area (Å²) in [5.41, 5.74) is 3.26. The van der Waals surface area contributed by atoms with Gasteiger partial charge in [0.15, 0.2) is 10.8 Å². The molecular formula is C22H21N7O2S. The highest BCUT2D eigenvalue weighted by Crippen LogP contribution is 2.23. The van der Waals surface area contributed by atoms with Gasteiger partial charge in [-0.05, 0) is 36.2 Å². The quantitative estimate of drug-likeness (QED) is 0.473. The molecule has 1 aliphatic heterocycles. The van der Waals surface area contributed by atoms with Crippen LogP contribution in [-0.4, -0.2) is 44.6 Å². The molecule has 0 atom stereocenters. The maximum Gasteiger partial charge on any atom is 0.323 e. The van der Waals surface area contributed by atoms with Gasteiger partial charge in [0.25, 0.3) is 0 Å². The van der Waals surface area contributed by atoms with Crippen molar-refractivity contribution in [3.05, 3.63) is 71.1 Å². The lowest BCUT2D eigenvalue weighted by Crippen LogP contribution is -2.46. The van der Waals surface area contributed by atoms with Crippen molar-refractivity contribution < 1.29 is 9.59 Å². The smallest absolute Gasteiger partial charge is 0.323 e. The van der Waals surface area contributed by atoms with Gasteiger partial charge < -0.3 is 10.6 Å². The Morgan fingerprint density at radius 2 is 2.03 bits per heavy atom. The summed E-state index contributed by atoms with van der Waals surface area (Å²) in [6.45, 7) is 1.33. The molecule has 4 heterocycles. The molecule has 162 valence electrons. The van der Waals surface area contributed by atoms with E-state index in [0.717, 1.165) is 29.1 Å². The van der Waals surface area contributed by atoms with E-state index in [1.54, 1.807) is 4.90 Å². The predicted molar refractivity (Wildman–Crippen MR) is 122 cm³/mol. The number of hydrogen-bond donors (Lipinski definition) is 2. The maximum absolute atomic E-state index is 12.5. The maximum atomic E-state index is 12.5. The molecule has 10 heteroatoms. The first-order valence-corrected chi connectivity index (χ1v) is 11.2. The normalized spacial score (nSPS) is 13.9. The van der Waals surface area contributed by atoms with E-state index < -0.39 is 0 Å². The topological polar surface area (TPSA) is 105 Å². The molecule has 3 aromatic heterocycles. The highest BCUT2D eigenvalue weighted by Gasteiger charge is 2.22. The standard InChI is InChI=1S/C22H21N7O2S/c30-20(13-17-14-32-22(25-17)29-11-3-9-23-21(29)31)24-16-7-5-15(6-8-16)12-19-27-26-18-4-1-2-10-28(18)19/h1-2,4-8,10,14H,3,9,11-13H2,(H,23,31)(H,24,30). The van der Waals surface area contributed by atoms with Gasteiger partial charge in [0.2, 0.25) is 5.91 Å². The second-order valence-electron chi connectivity index (χ2n) is 7.50. The number of amides is 3. The lowest BCUT2D eigenvalue weighted by molar-refractivity contribution is -0.115. The number of thiazole rings is 1. The van der Waals surface area contributed by atoms with Crippen LogP contribution in [-0.2, 0) is 17.6 Å². The predicted octanol–water partition coefficient (Wildman–Crippen LogP) is 2.88. The zero-order valence-electron chi connectivity index (χ0n) is 17.2. The second-order valence-corrected chi connectivity index (χ2v) is 8.34. The Morgan fingerprint density at radius 3 is 2.88 bits per heavy atom. The van der Waals surface area contributed by atoms with Crippen molar-refractivity contribution in [1.82, 2.24) is 24.9 Å². The molecule has 0 saturated carbocycles. The summed E-state index contributed by atoms with van der Waals surface area (Å²) in [6.07, 6.45) is 3.62. The second kappa shape index (κ2) is 8.75. The number of aromatic nitrogens is 4. The number of urea groups is 1. The molecule has 0 radical (unpaired) electrons. The zero-order chi connectivity index (χ0) is 21.9. The molecule has 1 aromatic carbocycles. The minimum atomic E-state index is -0.152. The van der Waals surface area contributed by atoms with E-state index in [9.17, 15) is 9.59 Å². The van der Waals surface area contributed by atoms with Crippen LogP contribution in [0.15, 0.2) is 54.0 Å². The van der Waals surface area contributed by atoms with E-state index in [1.807, 2.05) is 58.4 Å². The van der Waals surface area contributed by atoms with Gasteiger partial charge >= 0.3 is 6.03 Å². The molecule has 0 aliphatic carbocycles. The number of hydrogen-bond acceptors (Lipinski definition) is 6. The Balaban J connectivity index is 1.18. The van der Waals surface area contributed by atoms with E-state index in [4.69, 9.17) is 0 Å². The van der Waals surface area contributed by atoms with E-state index in [0.29, 0.717) is 30.3 Å². The summed E-state index contributed by atoms with van der Waals surface area (Å²) in [4.78, 5) is 30.5. The summed E-state index contributed by atoms with van der Waals surface area (Å²) in [5, 5.41) is 16.6. The Bertz CT molecular complexity index is 1260. The third-order valence-electron chi connectivity index (χ3n) is 5.18. The minimum absolute atomic E-state index is 0.138. The van der Waals surface area contributed by atoms with Crippen LogP contribution in [0.2, 0.25) is 0 Å². The number of anilines is 2. The van der Waals surface area contributed by atoms with E-state index in [-0.39, 0.29) is 18.4 Å². The van der Waals surface area contributed by atoms with E-state index in [1.165, 1.54) is 11.3 Å². The molecule has 4 aromatic rings. The molecule has 2 N–H and O–H groups in total. The molecular weight excluding hydrogens is 426 g/mol. The van der Waals surface area contributed by atoms with Gasteiger partial charge in [-0.2, -0.15) is 0 Å². The third kappa shape index (κ3) is 4.30. The van der Waals surface area contributed by atoms with Crippen molar-refractivity contribution in [2.45, 2.75) is 19.3 Å². The Morgan fingerprint density at radius 1 is 1.16 bits per heavy atom. The fourth-order valence-electron chi connectivity index (χ4n) is 3.58. The fourth-order valence-corrected chi connectivity index (χ4v) is 4.43. The molecule has 32 heavy (non-hydrogen) atoms. The number of carbonyl (C=O) groups excluding carboxylic acids is 2. The summed E-state index contributed by atoms with van der Waals surface area (Å²) in [5.74, 6) is 0.709. The molecule has 9 nitrogen and oxygen atoms in total. The minimum Gasteiger partial charge on any atom is -0.338 e. The Labute approximate surface area is 188 Å². The molecule has 0 unspecified atom stereocenters. The van der Waals surface area contributed by atoms with E-state index in [2.05, 4.69) is 25.8 Å². The third-order valence-corrected chi connectivity index (χ3v) is 6.09. The lowest BCUT2D eigenvalue weighted by Gasteiger charge is -2.24. The van der Waals surface area contributed by atoms with Crippen LogP contribution in [0.1, 0.15) is 23.5 Å². The molecule has 1 fully saturated rings. The highest BCUT2D eigenvalue weighted by molar-refractivity contribution is 7.14. The number of pyridine rings is 1. The molecule has 1 saturated heterocycles. The van der Waals surface area contributed by atoms with Crippen LogP contribution in [0, 0.1) is 0 Å². The highest BCUT2D eigenvalue weighted by atomic mass is 32.1. The Kier molecular flexibility index (Phi) is 5.51. The molecule has 0 spiro atoms. The van der Waals surface area contributed by atoms with Crippen LogP contribution in [0.5, 0.6) is 0 Å². The van der Waals surface area contributed by atoms with Gasteiger partial charge in [0.05, 0.1) is 12.1 Å². The van der Waals surface area contributed by atoms with Crippen LogP contribution in [0.4, 0.5) is 15.6 Å². The number of benzene rings is 1. The number of rotatable bonds is 6. The van der Waals surface area contributed by atoms with Crippen molar-refractivity contribution in [2.24, 2.45) is 0 Å². The Hall–Kier alpha value is -3.79. The van der Waals surface area contributed by atoms with Crippen molar-refractivity contribution >= 4 is 39.7 Å². The summed E-state index contributed by atoms with van der Waals surface area (Å²) < 4.78 is 1.96. The van der Waals surface area contributed by atoms with Gasteiger partial charge in [0.1, 0.15) is 5.82 Å². The van der Waals surface area contributed by atoms with Crippen LogP contribution in [0.25, 0.3) is 5.65 Å². The molecule has 1 aliphatic rings. The molecule has 3 amide bonds. The first kappa shape index (κ1) is 20.1. The fraction of sp³-hybridized carbons (Fsp3) is 0.227. The van der Waals surface area contributed by atoms with Crippen molar-refractivity contribution in [3.8, 4) is 0 Å². The number of carbonyl (C=O) groups is 2.